The minimum atomic E-state index is -2.04. The maximum Gasteiger partial charge on any atom is 0.334 e. The van der Waals surface area contributed by atoms with E-state index in [2.05, 4.69) is 0 Å². The highest BCUT2D eigenvalue weighted by atomic mass is 16.7. The average molecular weight is 603 g/mol. The van der Waals surface area contributed by atoms with Gasteiger partial charge in [0, 0.05) is 25.8 Å². The summed E-state index contributed by atoms with van der Waals surface area (Å²) in [5.41, 5.74) is -8.35. The van der Waals surface area contributed by atoms with Crippen molar-refractivity contribution in [1.82, 2.24) is 0 Å². The number of cyclic esters (lactones) is 1. The minimum absolute atomic E-state index is 0.0454. The van der Waals surface area contributed by atoms with Crippen LogP contribution in [0, 0.1) is 22.7 Å². The standard InChI is InChI=1S/C32H42O11/c1-16-13-24(42-26(36)17(16)2)28(6,37)31(39)12-11-30(38)21-14-25-32(43-25)23(41-19(4)34)8-7-22(35)27(32,5)20(21)9-10-29(30,31)15-40-18(3)33/h7-8,20-21,23-25,37-39H,9-15H2,1-6H3/t20-,21+,23-,24+,25+,27-,28?,29+,30+,31+,32+/m0/s1. The van der Waals surface area contributed by atoms with Gasteiger partial charge in [0.15, 0.2) is 11.9 Å². The van der Waals surface area contributed by atoms with Crippen molar-refractivity contribution in [1.29, 1.82) is 0 Å². The summed E-state index contributed by atoms with van der Waals surface area (Å²) in [5, 5.41) is 37.8. The molecule has 4 aliphatic carbocycles. The lowest BCUT2D eigenvalue weighted by Crippen LogP contribution is -2.75. The van der Waals surface area contributed by atoms with E-state index in [9.17, 15) is 34.5 Å². The summed E-state index contributed by atoms with van der Waals surface area (Å²) in [4.78, 5) is 50.6. The SMILES string of the molecule is CC(=O)OC[C@]12CC[C@H]3[C@@H](C[C@H]4O[C@]45[C@@H](OC(C)=O)C=CC(=O)[C@]35C)[C@]1(O)CC[C@@]2(O)C(C)(O)[C@H]1CC(C)=C(C)C(=O)O1. The quantitative estimate of drug-likeness (QED) is 0.238. The Kier molecular flexibility index (Phi) is 6.52. The predicted molar refractivity (Wildman–Crippen MR) is 148 cm³/mol. The zero-order chi connectivity index (χ0) is 31.5. The molecule has 0 radical (unpaired) electrons. The van der Waals surface area contributed by atoms with Gasteiger partial charge in [-0.15, -0.1) is 0 Å². The van der Waals surface area contributed by atoms with Crippen LogP contribution in [0.4, 0.5) is 0 Å². The van der Waals surface area contributed by atoms with Crippen LogP contribution in [0.5, 0.6) is 0 Å². The number of hydrogen-bond donors (Lipinski definition) is 3. The molecule has 43 heavy (non-hydrogen) atoms. The van der Waals surface area contributed by atoms with Crippen molar-refractivity contribution in [2.75, 3.05) is 6.61 Å². The zero-order valence-corrected chi connectivity index (χ0v) is 25.6. The summed E-state index contributed by atoms with van der Waals surface area (Å²) in [5.74, 6) is -2.88. The summed E-state index contributed by atoms with van der Waals surface area (Å²) in [6, 6.07) is 0. The molecule has 1 saturated heterocycles. The Morgan fingerprint density at radius 2 is 1.79 bits per heavy atom. The molecule has 1 unspecified atom stereocenters. The number of hydrogen-bond acceptors (Lipinski definition) is 11. The Morgan fingerprint density at radius 3 is 2.42 bits per heavy atom. The largest absolute Gasteiger partial charge is 0.465 e. The van der Waals surface area contributed by atoms with Crippen LogP contribution in [0.25, 0.3) is 0 Å². The zero-order valence-electron chi connectivity index (χ0n) is 25.6. The lowest BCUT2D eigenvalue weighted by atomic mass is 9.42. The molecule has 2 aliphatic heterocycles. The number of fused-ring (bicyclic) bond motifs is 4. The van der Waals surface area contributed by atoms with E-state index in [-0.39, 0.29) is 38.1 Å². The van der Waals surface area contributed by atoms with E-state index in [1.165, 1.54) is 26.8 Å². The fraction of sp³-hybridized carbons (Fsp3) is 0.750. The van der Waals surface area contributed by atoms with Gasteiger partial charge in [-0.05, 0) is 83.8 Å². The fourth-order valence-electron chi connectivity index (χ4n) is 10.0. The van der Waals surface area contributed by atoms with E-state index in [0.29, 0.717) is 18.4 Å². The second kappa shape index (κ2) is 9.22. The number of ether oxygens (including phenoxy) is 4. The second-order valence-electron chi connectivity index (χ2n) is 14.1. The molecule has 6 aliphatic rings. The van der Waals surface area contributed by atoms with Gasteiger partial charge in [0.05, 0.1) is 22.5 Å². The summed E-state index contributed by atoms with van der Waals surface area (Å²) in [6.07, 6.45) is 1.54. The van der Waals surface area contributed by atoms with Crippen molar-refractivity contribution in [3.8, 4) is 0 Å². The molecule has 3 saturated carbocycles. The van der Waals surface area contributed by atoms with Crippen molar-refractivity contribution >= 4 is 23.7 Å². The Hall–Kier alpha value is -2.60. The third-order valence-corrected chi connectivity index (χ3v) is 12.6. The van der Waals surface area contributed by atoms with E-state index in [1.54, 1.807) is 19.9 Å². The van der Waals surface area contributed by atoms with Crippen LogP contribution in [-0.4, -0.2) is 86.3 Å². The molecule has 6 rings (SSSR count). The highest BCUT2D eigenvalue weighted by Gasteiger charge is 2.85. The molecule has 11 heteroatoms. The van der Waals surface area contributed by atoms with Crippen molar-refractivity contribution in [2.45, 2.75) is 121 Å². The number of epoxide rings is 1. The van der Waals surface area contributed by atoms with Crippen LogP contribution in [-0.2, 0) is 38.1 Å². The third kappa shape index (κ3) is 3.56. The summed E-state index contributed by atoms with van der Waals surface area (Å²) in [7, 11) is 0. The van der Waals surface area contributed by atoms with Crippen LogP contribution in [0.3, 0.4) is 0 Å². The molecule has 0 aromatic heterocycles. The second-order valence-corrected chi connectivity index (χ2v) is 14.1. The van der Waals surface area contributed by atoms with Crippen molar-refractivity contribution in [3.05, 3.63) is 23.3 Å². The van der Waals surface area contributed by atoms with Gasteiger partial charge in [0.1, 0.15) is 29.5 Å². The number of rotatable bonds is 5. The Labute approximate surface area is 250 Å². The molecule has 2 heterocycles. The van der Waals surface area contributed by atoms with E-state index < -0.39 is 81.3 Å². The predicted octanol–water partition coefficient (Wildman–Crippen LogP) is 1.84. The number of esters is 3. The summed E-state index contributed by atoms with van der Waals surface area (Å²) < 4.78 is 23.1. The van der Waals surface area contributed by atoms with Crippen LogP contribution in [0.15, 0.2) is 23.3 Å². The van der Waals surface area contributed by atoms with Crippen molar-refractivity contribution in [2.24, 2.45) is 22.7 Å². The number of carbonyl (C=O) groups is 4. The average Bonchev–Trinajstić information content (AvgIpc) is 3.61. The molecular weight excluding hydrogens is 560 g/mol. The van der Waals surface area contributed by atoms with Crippen LogP contribution < -0.4 is 0 Å². The fourth-order valence-corrected chi connectivity index (χ4v) is 10.0. The smallest absolute Gasteiger partial charge is 0.334 e. The van der Waals surface area contributed by atoms with Crippen LogP contribution in [0.2, 0.25) is 0 Å². The molecule has 11 nitrogen and oxygen atoms in total. The molecule has 4 fully saturated rings. The molecule has 0 bridgehead atoms. The molecule has 0 aromatic rings. The number of carbonyl (C=O) groups excluding carboxylic acids is 4. The number of allylic oxidation sites excluding steroid dienone is 1. The lowest BCUT2D eigenvalue weighted by Gasteiger charge is -2.64. The first-order chi connectivity index (χ1) is 19.9. The van der Waals surface area contributed by atoms with Gasteiger partial charge in [-0.3, -0.25) is 14.4 Å². The maximum atomic E-state index is 13.7. The Bertz CT molecular complexity index is 1360. The monoisotopic (exact) mass is 602 g/mol. The van der Waals surface area contributed by atoms with Gasteiger partial charge < -0.3 is 34.3 Å². The van der Waals surface area contributed by atoms with Gasteiger partial charge in [0.25, 0.3) is 0 Å². The minimum Gasteiger partial charge on any atom is -0.465 e. The molecule has 1 spiro atoms. The van der Waals surface area contributed by atoms with Crippen molar-refractivity contribution < 1.29 is 53.4 Å². The van der Waals surface area contributed by atoms with Gasteiger partial charge in [-0.1, -0.05) is 5.57 Å². The summed E-state index contributed by atoms with van der Waals surface area (Å²) >= 11 is 0. The molecule has 0 amide bonds. The van der Waals surface area contributed by atoms with Gasteiger partial charge in [-0.25, -0.2) is 4.79 Å². The molecular formula is C32H42O11. The first-order valence-electron chi connectivity index (χ1n) is 15.2. The third-order valence-electron chi connectivity index (χ3n) is 12.6. The summed E-state index contributed by atoms with van der Waals surface area (Å²) in [6.45, 7) is 8.82. The van der Waals surface area contributed by atoms with Crippen molar-refractivity contribution in [3.63, 3.8) is 0 Å². The number of aliphatic hydroxyl groups is 3. The Morgan fingerprint density at radius 1 is 1.09 bits per heavy atom. The molecule has 11 atom stereocenters. The van der Waals surface area contributed by atoms with E-state index in [4.69, 9.17) is 18.9 Å². The van der Waals surface area contributed by atoms with E-state index >= 15 is 0 Å². The van der Waals surface area contributed by atoms with Gasteiger partial charge in [0.2, 0.25) is 0 Å². The maximum absolute atomic E-state index is 13.7. The van der Waals surface area contributed by atoms with E-state index in [1.807, 2.05) is 6.92 Å². The molecule has 0 aromatic carbocycles. The highest BCUT2D eigenvalue weighted by Crippen LogP contribution is 2.75. The normalized spacial score (nSPS) is 47.8. The molecule has 236 valence electrons. The topological polar surface area (TPSA) is 169 Å². The first kappa shape index (κ1) is 30.4. The van der Waals surface area contributed by atoms with E-state index in [0.717, 1.165) is 5.57 Å². The van der Waals surface area contributed by atoms with Crippen LogP contribution in [0.1, 0.15) is 80.1 Å². The highest BCUT2D eigenvalue weighted by molar-refractivity contribution is 5.98. The Balaban J connectivity index is 1.43. The number of ketones is 1. The molecule has 3 N–H and O–H groups in total. The van der Waals surface area contributed by atoms with Gasteiger partial charge >= 0.3 is 17.9 Å². The van der Waals surface area contributed by atoms with Crippen LogP contribution >= 0.6 is 0 Å². The first-order valence-corrected chi connectivity index (χ1v) is 15.2. The van der Waals surface area contributed by atoms with Gasteiger partial charge in [-0.2, -0.15) is 0 Å². The lowest BCUT2D eigenvalue weighted by molar-refractivity contribution is -0.297.